The molecular formula is C13H20N2O4S. The Morgan fingerprint density at radius 1 is 1.35 bits per heavy atom. The number of rotatable bonds is 8. The van der Waals surface area contributed by atoms with Crippen LogP contribution in [-0.4, -0.2) is 31.8 Å². The summed E-state index contributed by atoms with van der Waals surface area (Å²) < 4.78 is 25.8. The number of unbranched alkanes of at least 4 members (excludes halogenated alkanes) is 1. The molecule has 1 aromatic carbocycles. The summed E-state index contributed by atoms with van der Waals surface area (Å²) in [5, 5.41) is 8.77. The zero-order chi connectivity index (χ0) is 15.2. The van der Waals surface area contributed by atoms with Gasteiger partial charge in [0.2, 0.25) is 10.0 Å². The summed E-state index contributed by atoms with van der Waals surface area (Å²) in [6, 6.07) is 6.56. The molecule has 0 aliphatic heterocycles. The first-order valence-electron chi connectivity index (χ1n) is 6.45. The van der Waals surface area contributed by atoms with E-state index in [2.05, 4.69) is 0 Å². The zero-order valence-corrected chi connectivity index (χ0v) is 12.3. The molecule has 7 heteroatoms. The maximum absolute atomic E-state index is 12.3. The minimum atomic E-state index is -3.57. The Hall–Kier alpha value is -1.76. The summed E-state index contributed by atoms with van der Waals surface area (Å²) in [6.07, 6.45) is 1.01. The molecule has 0 amide bonds. The van der Waals surface area contributed by atoms with Crippen molar-refractivity contribution in [1.82, 2.24) is 0 Å². The molecule has 6 nitrogen and oxygen atoms in total. The molecule has 1 aromatic rings. The van der Waals surface area contributed by atoms with Crippen molar-refractivity contribution >= 4 is 27.4 Å². The average Bonchev–Trinajstić information content (AvgIpc) is 2.38. The lowest BCUT2D eigenvalue weighted by Crippen LogP contribution is -2.35. The quantitative estimate of drug-likeness (QED) is 0.711. The highest BCUT2D eigenvalue weighted by atomic mass is 32.2. The van der Waals surface area contributed by atoms with E-state index in [0.29, 0.717) is 17.8 Å². The third kappa shape index (κ3) is 4.41. The predicted molar refractivity (Wildman–Crippen MR) is 79.1 cm³/mol. The predicted octanol–water partition coefficient (Wildman–Crippen LogP) is 1.68. The van der Waals surface area contributed by atoms with Crippen LogP contribution in [0.15, 0.2) is 24.3 Å². The van der Waals surface area contributed by atoms with Crippen LogP contribution in [0, 0.1) is 0 Å². The van der Waals surface area contributed by atoms with Gasteiger partial charge in [-0.25, -0.2) is 8.42 Å². The van der Waals surface area contributed by atoms with Gasteiger partial charge in [0.05, 0.1) is 23.5 Å². The van der Waals surface area contributed by atoms with Crippen LogP contribution in [0.25, 0.3) is 0 Å². The molecule has 0 unspecified atom stereocenters. The van der Waals surface area contributed by atoms with Crippen LogP contribution in [0.2, 0.25) is 0 Å². The number of para-hydroxylation sites is 2. The summed E-state index contributed by atoms with van der Waals surface area (Å²) >= 11 is 0. The largest absolute Gasteiger partial charge is 0.481 e. The highest BCUT2D eigenvalue weighted by molar-refractivity contribution is 7.92. The Balaban J connectivity index is 3.08. The Morgan fingerprint density at radius 3 is 2.55 bits per heavy atom. The molecule has 0 bridgehead atoms. The van der Waals surface area contributed by atoms with Crippen LogP contribution in [-0.2, 0) is 14.8 Å². The van der Waals surface area contributed by atoms with Gasteiger partial charge in [-0.2, -0.15) is 0 Å². The lowest BCUT2D eigenvalue weighted by Gasteiger charge is -2.25. The van der Waals surface area contributed by atoms with Crippen LogP contribution in [0.3, 0.4) is 0 Å². The molecule has 0 aromatic heterocycles. The van der Waals surface area contributed by atoms with Gasteiger partial charge in [0.25, 0.3) is 0 Å². The number of carbonyl (C=O) groups is 1. The molecule has 0 saturated heterocycles. The van der Waals surface area contributed by atoms with E-state index >= 15 is 0 Å². The highest BCUT2D eigenvalue weighted by Crippen LogP contribution is 2.26. The van der Waals surface area contributed by atoms with Crippen molar-refractivity contribution in [2.24, 2.45) is 0 Å². The van der Waals surface area contributed by atoms with E-state index in [-0.39, 0.29) is 18.7 Å². The molecular weight excluding hydrogens is 280 g/mol. The monoisotopic (exact) mass is 300 g/mol. The molecule has 0 spiro atoms. The number of benzene rings is 1. The van der Waals surface area contributed by atoms with Gasteiger partial charge in [-0.1, -0.05) is 25.5 Å². The van der Waals surface area contributed by atoms with Crippen LogP contribution in [0.5, 0.6) is 0 Å². The van der Waals surface area contributed by atoms with Crippen molar-refractivity contribution < 1.29 is 18.3 Å². The highest BCUT2D eigenvalue weighted by Gasteiger charge is 2.24. The van der Waals surface area contributed by atoms with Gasteiger partial charge >= 0.3 is 5.97 Å². The number of nitrogens with two attached hydrogens (primary N) is 1. The number of nitrogens with zero attached hydrogens (tertiary/aromatic N) is 1. The molecule has 0 heterocycles. The average molecular weight is 300 g/mol. The normalized spacial score (nSPS) is 11.2. The number of aliphatic carboxylic acids is 1. The van der Waals surface area contributed by atoms with Gasteiger partial charge in [-0.3, -0.25) is 9.10 Å². The Bertz CT molecular complexity index is 557. The van der Waals surface area contributed by atoms with E-state index in [4.69, 9.17) is 10.8 Å². The minimum absolute atomic E-state index is 0.0164. The second kappa shape index (κ2) is 7.14. The van der Waals surface area contributed by atoms with E-state index in [9.17, 15) is 13.2 Å². The van der Waals surface area contributed by atoms with E-state index < -0.39 is 16.0 Å². The first-order valence-corrected chi connectivity index (χ1v) is 8.06. The number of nitrogen functional groups attached to an aromatic ring is 1. The number of anilines is 2. The van der Waals surface area contributed by atoms with Crippen LogP contribution in [0.4, 0.5) is 11.4 Å². The molecule has 0 atom stereocenters. The summed E-state index contributed by atoms with van der Waals surface area (Å²) in [6.45, 7) is 1.78. The molecule has 0 aliphatic rings. The van der Waals surface area contributed by atoms with Crippen LogP contribution < -0.4 is 10.0 Å². The van der Waals surface area contributed by atoms with Crippen molar-refractivity contribution in [1.29, 1.82) is 0 Å². The van der Waals surface area contributed by atoms with Gasteiger partial charge in [-0.15, -0.1) is 0 Å². The number of hydrogen-bond donors (Lipinski definition) is 2. The lowest BCUT2D eigenvalue weighted by atomic mass is 10.2. The number of hydrogen-bond acceptors (Lipinski definition) is 4. The number of sulfonamides is 1. The van der Waals surface area contributed by atoms with Crippen molar-refractivity contribution in [3.63, 3.8) is 0 Å². The molecule has 0 radical (unpaired) electrons. The lowest BCUT2D eigenvalue weighted by molar-refractivity contribution is -0.136. The van der Waals surface area contributed by atoms with E-state index in [0.717, 1.165) is 10.7 Å². The molecule has 3 N–H and O–H groups in total. The summed E-state index contributed by atoms with van der Waals surface area (Å²) in [5.74, 6) is -1.06. The van der Waals surface area contributed by atoms with Crippen molar-refractivity contribution in [3.05, 3.63) is 24.3 Å². The first-order chi connectivity index (χ1) is 9.38. The van der Waals surface area contributed by atoms with Crippen LogP contribution in [0.1, 0.15) is 26.2 Å². The first kappa shape index (κ1) is 16.3. The molecule has 112 valence electrons. The summed E-state index contributed by atoms with van der Waals surface area (Å²) in [4.78, 5) is 10.7. The van der Waals surface area contributed by atoms with Gasteiger partial charge < -0.3 is 10.8 Å². The smallest absolute Gasteiger partial charge is 0.305 e. The maximum Gasteiger partial charge on any atom is 0.305 e. The molecule has 20 heavy (non-hydrogen) atoms. The summed E-state index contributed by atoms with van der Waals surface area (Å²) in [5.41, 5.74) is 6.46. The third-order valence-electron chi connectivity index (χ3n) is 2.83. The van der Waals surface area contributed by atoms with E-state index in [1.165, 1.54) is 0 Å². The molecule has 0 aliphatic carbocycles. The number of carboxylic acids is 1. The second-order valence-electron chi connectivity index (χ2n) is 4.44. The topological polar surface area (TPSA) is 101 Å². The van der Waals surface area contributed by atoms with E-state index in [1.54, 1.807) is 24.3 Å². The fraction of sp³-hybridized carbons (Fsp3) is 0.462. The zero-order valence-electron chi connectivity index (χ0n) is 11.4. The SMILES string of the molecule is CCCCS(=O)(=O)N(CCC(=O)O)c1ccccc1N. The minimum Gasteiger partial charge on any atom is -0.481 e. The van der Waals surface area contributed by atoms with Crippen LogP contribution >= 0.6 is 0 Å². The Kier molecular flexibility index (Phi) is 5.82. The fourth-order valence-corrected chi connectivity index (χ4v) is 3.47. The Morgan fingerprint density at radius 2 is 2.00 bits per heavy atom. The van der Waals surface area contributed by atoms with Gasteiger partial charge in [0, 0.05) is 6.54 Å². The van der Waals surface area contributed by atoms with Gasteiger partial charge in [0.1, 0.15) is 0 Å². The van der Waals surface area contributed by atoms with Crippen molar-refractivity contribution in [2.45, 2.75) is 26.2 Å². The third-order valence-corrected chi connectivity index (χ3v) is 4.68. The van der Waals surface area contributed by atoms with Crippen molar-refractivity contribution in [3.8, 4) is 0 Å². The number of carboxylic acid groups (broad SMARTS) is 1. The summed E-state index contributed by atoms with van der Waals surface area (Å²) in [7, 11) is -3.57. The maximum atomic E-state index is 12.3. The Labute approximate surface area is 119 Å². The van der Waals surface area contributed by atoms with Gasteiger partial charge in [0.15, 0.2) is 0 Å². The molecule has 0 fully saturated rings. The van der Waals surface area contributed by atoms with Gasteiger partial charge in [-0.05, 0) is 18.6 Å². The molecule has 0 saturated carbocycles. The van der Waals surface area contributed by atoms with E-state index in [1.807, 2.05) is 6.92 Å². The van der Waals surface area contributed by atoms with Crippen molar-refractivity contribution in [2.75, 3.05) is 22.3 Å². The second-order valence-corrected chi connectivity index (χ2v) is 6.46. The standard InChI is InChI=1S/C13H20N2O4S/c1-2-3-10-20(18,19)15(9-8-13(16)17)12-7-5-4-6-11(12)14/h4-7H,2-3,8-10,14H2,1H3,(H,16,17). The molecule has 1 rings (SSSR count). The fourth-order valence-electron chi connectivity index (χ4n) is 1.76.